The molecule has 7 heteroatoms. The predicted molar refractivity (Wildman–Crippen MR) is 107 cm³/mol. The zero-order valence-electron chi connectivity index (χ0n) is 15.5. The standard InChI is InChI=1S/C20H22FN3O2S/c1-4-6-17(14-7-5-8-16(21)11-14)15-9-10-18-19(12-15)24(20(22)23-18)27(25,26)13(2)3/h5-13H,4H2,1-3H3,(H2,22,23)/b17-6-. The smallest absolute Gasteiger partial charge is 0.244 e. The average Bonchev–Trinajstić information content (AvgIpc) is 2.95. The van der Waals surface area contributed by atoms with Crippen molar-refractivity contribution in [3.63, 3.8) is 0 Å². The first-order valence-electron chi connectivity index (χ1n) is 8.74. The van der Waals surface area contributed by atoms with Gasteiger partial charge in [-0.3, -0.25) is 0 Å². The number of nitrogens with zero attached hydrogens (tertiary/aromatic N) is 2. The molecule has 2 aromatic carbocycles. The van der Waals surface area contributed by atoms with E-state index in [4.69, 9.17) is 5.73 Å². The number of allylic oxidation sites excluding steroid dienone is 1. The fraction of sp³-hybridized carbons (Fsp3) is 0.250. The molecule has 1 heterocycles. The monoisotopic (exact) mass is 387 g/mol. The summed E-state index contributed by atoms with van der Waals surface area (Å²) in [5, 5.41) is -0.644. The van der Waals surface area contributed by atoms with Crippen molar-refractivity contribution in [3.8, 4) is 0 Å². The van der Waals surface area contributed by atoms with Gasteiger partial charge in [0, 0.05) is 0 Å². The number of nitrogens with two attached hydrogens (primary N) is 1. The minimum atomic E-state index is -3.67. The SMILES string of the molecule is CC/C=C(/c1cccc(F)c1)c1ccc2nc(N)n(S(=O)(=O)C(C)C)c2c1. The highest BCUT2D eigenvalue weighted by atomic mass is 32.2. The molecule has 0 aliphatic heterocycles. The van der Waals surface area contributed by atoms with Crippen molar-refractivity contribution in [2.24, 2.45) is 0 Å². The highest BCUT2D eigenvalue weighted by molar-refractivity contribution is 7.90. The van der Waals surface area contributed by atoms with Crippen LogP contribution in [0.1, 0.15) is 38.3 Å². The van der Waals surface area contributed by atoms with Gasteiger partial charge < -0.3 is 5.73 Å². The van der Waals surface area contributed by atoms with Gasteiger partial charge >= 0.3 is 0 Å². The van der Waals surface area contributed by atoms with E-state index in [0.29, 0.717) is 11.0 Å². The zero-order valence-corrected chi connectivity index (χ0v) is 16.3. The van der Waals surface area contributed by atoms with Crippen LogP contribution in [0.25, 0.3) is 16.6 Å². The van der Waals surface area contributed by atoms with E-state index in [2.05, 4.69) is 4.98 Å². The highest BCUT2D eigenvalue weighted by Gasteiger charge is 2.24. The first kappa shape index (κ1) is 19.1. The van der Waals surface area contributed by atoms with Crippen molar-refractivity contribution >= 4 is 32.6 Å². The summed E-state index contributed by atoms with van der Waals surface area (Å²) in [7, 11) is -3.67. The van der Waals surface area contributed by atoms with Crippen LogP contribution < -0.4 is 5.73 Å². The number of imidazole rings is 1. The van der Waals surface area contributed by atoms with Gasteiger partial charge in [0.05, 0.1) is 16.3 Å². The van der Waals surface area contributed by atoms with Gasteiger partial charge in [-0.1, -0.05) is 31.2 Å². The number of anilines is 1. The summed E-state index contributed by atoms with van der Waals surface area (Å²) in [6.45, 7) is 5.18. The molecule has 2 N–H and O–H groups in total. The molecule has 0 radical (unpaired) electrons. The Hall–Kier alpha value is -2.67. The molecule has 1 aromatic heterocycles. The predicted octanol–water partition coefficient (Wildman–Crippen LogP) is 4.19. The van der Waals surface area contributed by atoms with Crippen molar-refractivity contribution in [1.82, 2.24) is 8.96 Å². The Morgan fingerprint density at radius 1 is 1.22 bits per heavy atom. The lowest BCUT2D eigenvalue weighted by molar-refractivity contribution is 0.580. The van der Waals surface area contributed by atoms with Gasteiger partial charge in [-0.2, -0.15) is 0 Å². The van der Waals surface area contributed by atoms with Crippen molar-refractivity contribution in [3.05, 3.63) is 65.5 Å². The molecule has 27 heavy (non-hydrogen) atoms. The molecule has 5 nitrogen and oxygen atoms in total. The number of nitrogen functional groups attached to an aromatic ring is 1. The Balaban J connectivity index is 2.25. The lowest BCUT2D eigenvalue weighted by Gasteiger charge is -2.13. The normalized spacial score (nSPS) is 12.9. The van der Waals surface area contributed by atoms with Crippen molar-refractivity contribution in [2.45, 2.75) is 32.4 Å². The summed E-state index contributed by atoms with van der Waals surface area (Å²) in [6.07, 6.45) is 2.73. The summed E-state index contributed by atoms with van der Waals surface area (Å²) in [5.74, 6) is -0.394. The maximum atomic E-state index is 13.7. The number of hydrogen-bond donors (Lipinski definition) is 1. The Bertz CT molecular complexity index is 1130. The average molecular weight is 387 g/mol. The van der Waals surface area contributed by atoms with Crippen LogP contribution >= 0.6 is 0 Å². The quantitative estimate of drug-likeness (QED) is 0.712. The van der Waals surface area contributed by atoms with Gasteiger partial charge in [0.2, 0.25) is 16.0 Å². The molecular weight excluding hydrogens is 365 g/mol. The Morgan fingerprint density at radius 3 is 2.56 bits per heavy atom. The molecule has 3 rings (SSSR count). The molecule has 0 aliphatic carbocycles. The summed E-state index contributed by atoms with van der Waals surface area (Å²) in [4.78, 5) is 4.18. The van der Waals surface area contributed by atoms with E-state index in [9.17, 15) is 12.8 Å². The lowest BCUT2D eigenvalue weighted by Crippen LogP contribution is -2.23. The van der Waals surface area contributed by atoms with Crippen LogP contribution in [-0.2, 0) is 10.0 Å². The van der Waals surface area contributed by atoms with Crippen LogP contribution in [0.2, 0.25) is 0 Å². The highest BCUT2D eigenvalue weighted by Crippen LogP contribution is 2.30. The van der Waals surface area contributed by atoms with Gasteiger partial charge in [0.1, 0.15) is 5.82 Å². The maximum absolute atomic E-state index is 13.7. The maximum Gasteiger partial charge on any atom is 0.244 e. The molecule has 0 spiro atoms. The number of halogens is 1. The van der Waals surface area contributed by atoms with Crippen LogP contribution in [0.3, 0.4) is 0 Å². The van der Waals surface area contributed by atoms with E-state index >= 15 is 0 Å². The Labute approximate surface area is 158 Å². The van der Waals surface area contributed by atoms with E-state index in [0.717, 1.165) is 27.1 Å². The molecule has 0 aliphatic rings. The van der Waals surface area contributed by atoms with Gasteiger partial charge in [0.15, 0.2) is 0 Å². The molecule has 0 saturated carbocycles. The van der Waals surface area contributed by atoms with Gasteiger partial charge in [-0.15, -0.1) is 0 Å². The summed E-state index contributed by atoms with van der Waals surface area (Å²) < 4.78 is 40.3. The second kappa shape index (κ2) is 7.15. The van der Waals surface area contributed by atoms with Gasteiger partial charge in [-0.05, 0) is 61.2 Å². The van der Waals surface area contributed by atoms with Crippen molar-refractivity contribution < 1.29 is 12.8 Å². The van der Waals surface area contributed by atoms with Crippen LogP contribution in [-0.4, -0.2) is 22.6 Å². The third-order valence-corrected chi connectivity index (χ3v) is 6.43. The van der Waals surface area contributed by atoms with Crippen LogP contribution in [0.4, 0.5) is 10.3 Å². The van der Waals surface area contributed by atoms with Crippen LogP contribution in [0, 0.1) is 5.82 Å². The van der Waals surface area contributed by atoms with Crippen LogP contribution in [0.5, 0.6) is 0 Å². The molecule has 0 amide bonds. The molecule has 0 bridgehead atoms. The molecule has 0 saturated heterocycles. The molecule has 142 valence electrons. The molecule has 0 unspecified atom stereocenters. The largest absolute Gasteiger partial charge is 0.368 e. The second-order valence-electron chi connectivity index (χ2n) is 6.57. The Kier molecular flexibility index (Phi) is 5.06. The van der Waals surface area contributed by atoms with E-state index in [1.165, 1.54) is 12.1 Å². The summed E-state index contributed by atoms with van der Waals surface area (Å²) in [5.41, 5.74) is 9.13. The van der Waals surface area contributed by atoms with Gasteiger partial charge in [-0.25, -0.2) is 21.8 Å². The summed E-state index contributed by atoms with van der Waals surface area (Å²) >= 11 is 0. The fourth-order valence-electron chi connectivity index (χ4n) is 2.98. The number of fused-ring (bicyclic) bond motifs is 1. The van der Waals surface area contributed by atoms with Crippen molar-refractivity contribution in [1.29, 1.82) is 0 Å². The third kappa shape index (κ3) is 3.47. The number of rotatable bonds is 5. The number of aromatic nitrogens is 2. The Morgan fingerprint density at radius 2 is 1.93 bits per heavy atom. The molecule has 0 atom stereocenters. The first-order valence-corrected chi connectivity index (χ1v) is 10.2. The molecule has 3 aromatic rings. The minimum Gasteiger partial charge on any atom is -0.368 e. The number of benzene rings is 2. The zero-order chi connectivity index (χ0) is 19.8. The first-order chi connectivity index (χ1) is 12.8. The van der Waals surface area contributed by atoms with E-state index in [1.807, 2.05) is 25.1 Å². The molecular formula is C20H22FN3O2S. The molecule has 0 fully saturated rings. The van der Waals surface area contributed by atoms with E-state index < -0.39 is 15.3 Å². The van der Waals surface area contributed by atoms with Gasteiger partial charge in [0.25, 0.3) is 0 Å². The van der Waals surface area contributed by atoms with Crippen molar-refractivity contribution in [2.75, 3.05) is 5.73 Å². The summed E-state index contributed by atoms with van der Waals surface area (Å²) in [6, 6.07) is 11.6. The lowest BCUT2D eigenvalue weighted by atomic mass is 9.96. The minimum absolute atomic E-state index is 0.0670. The second-order valence-corrected chi connectivity index (χ2v) is 8.91. The topological polar surface area (TPSA) is 78.0 Å². The fourth-order valence-corrected chi connectivity index (χ4v) is 4.12. The van der Waals surface area contributed by atoms with E-state index in [-0.39, 0.29) is 11.8 Å². The third-order valence-electron chi connectivity index (χ3n) is 4.34. The van der Waals surface area contributed by atoms with Crippen LogP contribution in [0.15, 0.2) is 48.5 Å². The number of hydrogen-bond acceptors (Lipinski definition) is 4. The van der Waals surface area contributed by atoms with E-state index in [1.54, 1.807) is 32.0 Å².